The van der Waals surface area contributed by atoms with Crippen LogP contribution in [0, 0.1) is 5.82 Å². The maximum atomic E-state index is 14.3. The molecule has 1 unspecified atom stereocenters. The highest BCUT2D eigenvalue weighted by Gasteiger charge is 2.30. The number of carbonyl (C=O) groups is 1. The standard InChI is InChI=1S/C28H23F4N3O/c29-22-13-18-7-8-23(34-27(36)35-26-6-2-4-19-16-33-10-9-24(19)26)15-25(18)20(14-22)11-17-3-1-5-21(12-17)28(30,31)32/h1-6,9-10,12-14,16,23H,7-8,11,15H2,(H2,34,35,36). The first-order valence-electron chi connectivity index (χ1n) is 11.6. The number of nitrogens with zero attached hydrogens (tertiary/aromatic N) is 1. The highest BCUT2D eigenvalue weighted by atomic mass is 19.4. The Morgan fingerprint density at radius 2 is 1.89 bits per heavy atom. The zero-order chi connectivity index (χ0) is 25.3. The van der Waals surface area contributed by atoms with Gasteiger partial charge in [0.25, 0.3) is 0 Å². The molecular weight excluding hydrogens is 470 g/mol. The lowest BCUT2D eigenvalue weighted by Gasteiger charge is -2.28. The Morgan fingerprint density at radius 1 is 1.06 bits per heavy atom. The predicted octanol–water partition coefficient (Wildman–Crippen LogP) is 6.66. The number of urea groups is 1. The van der Waals surface area contributed by atoms with Gasteiger partial charge in [-0.1, -0.05) is 30.3 Å². The molecule has 8 heteroatoms. The summed E-state index contributed by atoms with van der Waals surface area (Å²) in [6.07, 6.45) is 0.778. The average molecular weight is 494 g/mol. The van der Waals surface area contributed by atoms with Gasteiger partial charge < -0.3 is 10.6 Å². The Bertz CT molecular complexity index is 1430. The van der Waals surface area contributed by atoms with Gasteiger partial charge in [-0.25, -0.2) is 9.18 Å². The first-order chi connectivity index (χ1) is 17.3. The summed E-state index contributed by atoms with van der Waals surface area (Å²) in [5.74, 6) is -0.412. The van der Waals surface area contributed by atoms with Crippen LogP contribution in [0.25, 0.3) is 10.8 Å². The first kappa shape index (κ1) is 23.8. The van der Waals surface area contributed by atoms with Crippen molar-refractivity contribution in [3.63, 3.8) is 0 Å². The van der Waals surface area contributed by atoms with E-state index in [1.54, 1.807) is 18.5 Å². The molecule has 3 aromatic carbocycles. The van der Waals surface area contributed by atoms with Crippen molar-refractivity contribution in [1.82, 2.24) is 10.3 Å². The first-order valence-corrected chi connectivity index (χ1v) is 11.6. The number of amides is 2. The maximum Gasteiger partial charge on any atom is 0.416 e. The van der Waals surface area contributed by atoms with Gasteiger partial charge in [0.15, 0.2) is 0 Å². The SMILES string of the molecule is O=C(Nc1cccc2cnccc12)NC1CCc2cc(F)cc(Cc3cccc(C(F)(F)F)c3)c2C1. The number of fused-ring (bicyclic) bond motifs is 2. The largest absolute Gasteiger partial charge is 0.416 e. The second-order valence-electron chi connectivity index (χ2n) is 9.02. The summed E-state index contributed by atoms with van der Waals surface area (Å²) in [6.45, 7) is 0. The molecule has 0 fully saturated rings. The fraction of sp³-hybridized carbons (Fsp3) is 0.214. The summed E-state index contributed by atoms with van der Waals surface area (Å²) in [4.78, 5) is 16.9. The van der Waals surface area contributed by atoms with E-state index in [2.05, 4.69) is 15.6 Å². The average Bonchev–Trinajstić information content (AvgIpc) is 2.84. The smallest absolute Gasteiger partial charge is 0.335 e. The van der Waals surface area contributed by atoms with Gasteiger partial charge in [-0.05, 0) is 78.3 Å². The Kier molecular flexibility index (Phi) is 6.35. The van der Waals surface area contributed by atoms with Gasteiger partial charge in [0.1, 0.15) is 5.82 Å². The van der Waals surface area contributed by atoms with Crippen LogP contribution in [0.4, 0.5) is 28.0 Å². The molecule has 1 aliphatic carbocycles. The predicted molar refractivity (Wildman–Crippen MR) is 130 cm³/mol. The topological polar surface area (TPSA) is 54.0 Å². The van der Waals surface area contributed by atoms with Crippen molar-refractivity contribution in [2.75, 3.05) is 5.32 Å². The number of aromatic nitrogens is 1. The summed E-state index contributed by atoms with van der Waals surface area (Å²) in [5, 5.41) is 7.67. The molecule has 4 aromatic rings. The zero-order valence-corrected chi connectivity index (χ0v) is 19.2. The highest BCUT2D eigenvalue weighted by molar-refractivity contribution is 6.01. The molecule has 184 valence electrons. The third-order valence-corrected chi connectivity index (χ3v) is 6.53. The second kappa shape index (κ2) is 9.60. The molecule has 5 rings (SSSR count). The van der Waals surface area contributed by atoms with E-state index in [0.717, 1.165) is 34.0 Å². The van der Waals surface area contributed by atoms with Crippen LogP contribution in [0.5, 0.6) is 0 Å². The lowest BCUT2D eigenvalue weighted by atomic mass is 9.83. The fourth-order valence-corrected chi connectivity index (χ4v) is 4.85. The van der Waals surface area contributed by atoms with E-state index in [1.807, 2.05) is 24.3 Å². The minimum absolute atomic E-state index is 0.174. The molecule has 1 atom stereocenters. The minimum atomic E-state index is -4.44. The van der Waals surface area contributed by atoms with Crippen molar-refractivity contribution in [2.24, 2.45) is 0 Å². The quantitative estimate of drug-likeness (QED) is 0.312. The molecule has 2 amide bonds. The van der Waals surface area contributed by atoms with E-state index in [4.69, 9.17) is 0 Å². The number of nitrogens with one attached hydrogen (secondary N) is 2. The van der Waals surface area contributed by atoms with Crippen LogP contribution < -0.4 is 10.6 Å². The molecule has 0 saturated heterocycles. The molecule has 0 spiro atoms. The van der Waals surface area contributed by atoms with Crippen molar-refractivity contribution in [3.8, 4) is 0 Å². The monoisotopic (exact) mass is 493 g/mol. The van der Waals surface area contributed by atoms with Crippen LogP contribution in [-0.4, -0.2) is 17.1 Å². The summed E-state index contributed by atoms with van der Waals surface area (Å²) in [7, 11) is 0. The maximum absolute atomic E-state index is 14.3. The fourth-order valence-electron chi connectivity index (χ4n) is 4.85. The van der Waals surface area contributed by atoms with Crippen LogP contribution in [-0.2, 0) is 25.4 Å². The van der Waals surface area contributed by atoms with Crippen molar-refractivity contribution in [1.29, 1.82) is 0 Å². The van der Waals surface area contributed by atoms with Crippen molar-refractivity contribution >= 4 is 22.5 Å². The zero-order valence-electron chi connectivity index (χ0n) is 19.2. The Labute approximate surface area is 205 Å². The molecule has 0 aliphatic heterocycles. The number of rotatable bonds is 4. The van der Waals surface area contributed by atoms with Gasteiger partial charge in [-0.3, -0.25) is 4.98 Å². The molecule has 2 N–H and O–H groups in total. The number of anilines is 1. The summed E-state index contributed by atoms with van der Waals surface area (Å²) >= 11 is 0. The van der Waals surface area contributed by atoms with Crippen LogP contribution in [0.3, 0.4) is 0 Å². The summed E-state index contributed by atoms with van der Waals surface area (Å²) in [5.41, 5.74) is 2.73. The number of halogens is 4. The van der Waals surface area contributed by atoms with Crippen molar-refractivity contribution in [2.45, 2.75) is 37.9 Å². The third kappa shape index (κ3) is 5.17. The summed E-state index contributed by atoms with van der Waals surface area (Å²) < 4.78 is 53.8. The Balaban J connectivity index is 1.33. The van der Waals surface area contributed by atoms with Crippen molar-refractivity contribution < 1.29 is 22.4 Å². The molecule has 1 aliphatic rings. The molecule has 0 bridgehead atoms. The highest BCUT2D eigenvalue weighted by Crippen LogP contribution is 2.32. The number of carbonyl (C=O) groups excluding carboxylic acids is 1. The molecule has 4 nitrogen and oxygen atoms in total. The van der Waals surface area contributed by atoms with Gasteiger partial charge in [-0.2, -0.15) is 13.2 Å². The van der Waals surface area contributed by atoms with Crippen LogP contribution in [0.15, 0.2) is 73.1 Å². The minimum Gasteiger partial charge on any atom is -0.335 e. The molecule has 36 heavy (non-hydrogen) atoms. The Hall–Kier alpha value is -3.94. The van der Waals surface area contributed by atoms with Crippen molar-refractivity contribution in [3.05, 3.63) is 107 Å². The number of alkyl halides is 3. The van der Waals surface area contributed by atoms with Crippen LogP contribution in [0.1, 0.15) is 34.2 Å². The molecule has 1 heterocycles. The van der Waals surface area contributed by atoms with E-state index >= 15 is 0 Å². The van der Waals surface area contributed by atoms with E-state index in [-0.39, 0.29) is 18.5 Å². The third-order valence-electron chi connectivity index (χ3n) is 6.53. The Morgan fingerprint density at radius 3 is 2.72 bits per heavy atom. The van der Waals surface area contributed by atoms with Gasteiger partial charge in [0, 0.05) is 29.2 Å². The molecular formula is C28H23F4N3O. The van der Waals surface area contributed by atoms with E-state index < -0.39 is 17.6 Å². The summed E-state index contributed by atoms with van der Waals surface area (Å²) in [6, 6.07) is 14.8. The van der Waals surface area contributed by atoms with Gasteiger partial charge in [-0.15, -0.1) is 0 Å². The molecule has 0 radical (unpaired) electrons. The van der Waals surface area contributed by atoms with E-state index in [9.17, 15) is 22.4 Å². The number of pyridine rings is 1. The van der Waals surface area contributed by atoms with Gasteiger partial charge in [0.05, 0.1) is 11.3 Å². The van der Waals surface area contributed by atoms with Gasteiger partial charge >= 0.3 is 12.2 Å². The lowest BCUT2D eigenvalue weighted by Crippen LogP contribution is -2.41. The van der Waals surface area contributed by atoms with Crippen LogP contribution >= 0.6 is 0 Å². The number of hydrogen-bond acceptors (Lipinski definition) is 2. The van der Waals surface area contributed by atoms with E-state index in [0.29, 0.717) is 36.1 Å². The molecule has 1 aromatic heterocycles. The number of aryl methyl sites for hydroxylation is 1. The van der Waals surface area contributed by atoms with E-state index in [1.165, 1.54) is 18.2 Å². The normalized spacial score (nSPS) is 15.4. The lowest BCUT2D eigenvalue weighted by molar-refractivity contribution is -0.137. The van der Waals surface area contributed by atoms with Gasteiger partial charge in [0.2, 0.25) is 0 Å². The van der Waals surface area contributed by atoms with Crippen LogP contribution in [0.2, 0.25) is 0 Å². The number of benzene rings is 3. The second-order valence-corrected chi connectivity index (χ2v) is 9.02. The number of hydrogen-bond donors (Lipinski definition) is 2. The molecule has 0 saturated carbocycles.